The Bertz CT molecular complexity index is 784. The summed E-state index contributed by atoms with van der Waals surface area (Å²) in [6, 6.07) is 11.1. The second-order valence-corrected chi connectivity index (χ2v) is 6.76. The third-order valence-electron chi connectivity index (χ3n) is 4.02. The van der Waals surface area contributed by atoms with Crippen molar-refractivity contribution < 1.29 is 19.4 Å². The predicted octanol–water partition coefficient (Wildman–Crippen LogP) is 5.17. The van der Waals surface area contributed by atoms with Gasteiger partial charge in [0.05, 0.1) is 18.7 Å². The number of rotatable bonds is 9. The number of phenols is 1. The lowest BCUT2D eigenvalue weighted by Gasteiger charge is -2.06. The number of carbonyl (C=O) groups excluding carboxylic acids is 1. The molecule has 2 rings (SSSR count). The van der Waals surface area contributed by atoms with E-state index >= 15 is 0 Å². The van der Waals surface area contributed by atoms with Crippen LogP contribution in [0.2, 0.25) is 0 Å². The van der Waals surface area contributed by atoms with E-state index in [1.165, 1.54) is 7.11 Å². The van der Waals surface area contributed by atoms with Crippen LogP contribution < -0.4 is 9.47 Å². The summed E-state index contributed by atoms with van der Waals surface area (Å²) >= 11 is 3.43. The second-order valence-electron chi connectivity index (χ2n) is 5.91. The van der Waals surface area contributed by atoms with Crippen LogP contribution in [0.4, 0.5) is 0 Å². The average molecular weight is 419 g/mol. The number of halogens is 1. The van der Waals surface area contributed by atoms with Gasteiger partial charge in [0, 0.05) is 6.42 Å². The Kier molecular flexibility index (Phi) is 7.73. The summed E-state index contributed by atoms with van der Waals surface area (Å²) in [5.41, 5.74) is 1.98. The third kappa shape index (κ3) is 5.92. The van der Waals surface area contributed by atoms with E-state index in [-0.39, 0.29) is 11.5 Å². The molecule has 0 bridgehead atoms. The molecular formula is C21H23BrO4. The molecule has 0 aromatic heterocycles. The molecule has 26 heavy (non-hydrogen) atoms. The Morgan fingerprint density at radius 2 is 1.81 bits per heavy atom. The molecule has 1 N–H and O–H groups in total. The van der Waals surface area contributed by atoms with Gasteiger partial charge in [-0.25, -0.2) is 0 Å². The number of ketones is 1. The smallest absolute Gasteiger partial charge is 0.160 e. The maximum Gasteiger partial charge on any atom is 0.160 e. The van der Waals surface area contributed by atoms with Crippen molar-refractivity contribution >= 4 is 27.8 Å². The van der Waals surface area contributed by atoms with Gasteiger partial charge in [-0.05, 0) is 76.7 Å². The number of hydrogen-bond donors (Lipinski definition) is 1. The van der Waals surface area contributed by atoms with Gasteiger partial charge < -0.3 is 14.6 Å². The number of aromatic hydroxyl groups is 1. The van der Waals surface area contributed by atoms with Crippen molar-refractivity contribution in [1.82, 2.24) is 0 Å². The molecule has 0 unspecified atom stereocenters. The first-order valence-electron chi connectivity index (χ1n) is 8.44. The first kappa shape index (κ1) is 20.0. The van der Waals surface area contributed by atoms with Gasteiger partial charge in [-0.1, -0.05) is 18.2 Å². The van der Waals surface area contributed by atoms with Crippen LogP contribution >= 0.6 is 15.9 Å². The molecule has 0 atom stereocenters. The SMILES string of the molecule is COc1ccc(CCCCC(=O)/C=C/c2ccc(OC)c(Br)c2)cc1O. The van der Waals surface area contributed by atoms with Gasteiger partial charge in [0.15, 0.2) is 17.3 Å². The van der Waals surface area contributed by atoms with Gasteiger partial charge in [-0.2, -0.15) is 0 Å². The molecule has 0 spiro atoms. The minimum Gasteiger partial charge on any atom is -0.504 e. The molecule has 0 aliphatic carbocycles. The van der Waals surface area contributed by atoms with Crippen molar-refractivity contribution in [2.75, 3.05) is 14.2 Å². The summed E-state index contributed by atoms with van der Waals surface area (Å²) < 4.78 is 11.1. The Morgan fingerprint density at radius 1 is 1.08 bits per heavy atom. The summed E-state index contributed by atoms with van der Waals surface area (Å²) in [6.45, 7) is 0. The minimum absolute atomic E-state index is 0.106. The maximum absolute atomic E-state index is 12.0. The number of methoxy groups -OCH3 is 2. The number of phenolic OH excluding ortho intramolecular Hbond substituents is 1. The van der Waals surface area contributed by atoms with E-state index in [4.69, 9.17) is 9.47 Å². The molecule has 5 heteroatoms. The van der Waals surface area contributed by atoms with Crippen LogP contribution in [0.5, 0.6) is 17.2 Å². The number of allylic oxidation sites excluding steroid dienone is 1. The predicted molar refractivity (Wildman–Crippen MR) is 107 cm³/mol. The highest BCUT2D eigenvalue weighted by atomic mass is 79.9. The Balaban J connectivity index is 1.76. The summed E-state index contributed by atoms with van der Waals surface area (Å²) in [7, 11) is 3.14. The first-order valence-corrected chi connectivity index (χ1v) is 9.23. The highest BCUT2D eigenvalue weighted by molar-refractivity contribution is 9.10. The fourth-order valence-corrected chi connectivity index (χ4v) is 3.14. The fourth-order valence-electron chi connectivity index (χ4n) is 2.58. The highest BCUT2D eigenvalue weighted by Gasteiger charge is 2.04. The van der Waals surface area contributed by atoms with Gasteiger partial charge in [-0.3, -0.25) is 4.79 Å². The quantitative estimate of drug-likeness (QED) is 0.450. The zero-order chi connectivity index (χ0) is 18.9. The molecule has 138 valence electrons. The summed E-state index contributed by atoms with van der Waals surface area (Å²) in [4.78, 5) is 12.0. The fraction of sp³-hybridized carbons (Fsp3) is 0.286. The summed E-state index contributed by atoms with van der Waals surface area (Å²) in [5.74, 6) is 1.49. The first-order chi connectivity index (χ1) is 12.5. The normalized spacial score (nSPS) is 10.9. The Labute approximate surface area is 162 Å². The molecule has 0 saturated heterocycles. The summed E-state index contributed by atoms with van der Waals surface area (Å²) in [5, 5.41) is 9.77. The molecule has 0 aliphatic heterocycles. The van der Waals surface area contributed by atoms with Gasteiger partial charge in [0.2, 0.25) is 0 Å². The molecule has 0 heterocycles. The molecule has 2 aromatic carbocycles. The van der Waals surface area contributed by atoms with E-state index in [0.717, 1.165) is 40.6 Å². The van der Waals surface area contributed by atoms with Crippen LogP contribution in [0.15, 0.2) is 46.9 Å². The average Bonchev–Trinajstić information content (AvgIpc) is 2.64. The van der Waals surface area contributed by atoms with Crippen LogP contribution in [-0.4, -0.2) is 25.1 Å². The largest absolute Gasteiger partial charge is 0.504 e. The number of hydrogen-bond acceptors (Lipinski definition) is 4. The number of unbranched alkanes of at least 4 members (excludes halogenated alkanes) is 1. The van der Waals surface area contributed by atoms with Crippen LogP contribution in [0.3, 0.4) is 0 Å². The van der Waals surface area contributed by atoms with Gasteiger partial charge in [0.25, 0.3) is 0 Å². The molecule has 4 nitrogen and oxygen atoms in total. The lowest BCUT2D eigenvalue weighted by molar-refractivity contribution is -0.114. The van der Waals surface area contributed by atoms with Crippen molar-refractivity contribution in [1.29, 1.82) is 0 Å². The van der Waals surface area contributed by atoms with Crippen molar-refractivity contribution in [3.05, 3.63) is 58.1 Å². The van der Waals surface area contributed by atoms with Crippen LogP contribution in [-0.2, 0) is 11.2 Å². The van der Waals surface area contributed by atoms with Crippen molar-refractivity contribution in [3.63, 3.8) is 0 Å². The third-order valence-corrected chi connectivity index (χ3v) is 4.64. The molecule has 0 aliphatic rings. The standard InChI is InChI=1S/C21H23BrO4/c1-25-20-11-8-16(13-18(20)22)7-10-17(23)6-4-3-5-15-9-12-21(26-2)19(24)14-15/h7-14,24H,3-6H2,1-2H3/b10-7+. The molecule has 0 amide bonds. The van der Waals surface area contributed by atoms with E-state index in [1.807, 2.05) is 30.3 Å². The maximum atomic E-state index is 12.0. The van der Waals surface area contributed by atoms with Crippen LogP contribution in [0.1, 0.15) is 30.4 Å². The second kappa shape index (κ2) is 10.0. The number of aryl methyl sites for hydroxylation is 1. The zero-order valence-corrected chi connectivity index (χ0v) is 16.6. The number of benzene rings is 2. The Hall–Kier alpha value is -2.27. The number of carbonyl (C=O) groups is 1. The van der Waals surface area contributed by atoms with E-state index in [2.05, 4.69) is 15.9 Å². The Morgan fingerprint density at radius 3 is 2.46 bits per heavy atom. The van der Waals surface area contributed by atoms with Crippen molar-refractivity contribution in [2.45, 2.75) is 25.7 Å². The minimum atomic E-state index is 0.106. The molecule has 0 saturated carbocycles. The summed E-state index contributed by atoms with van der Waals surface area (Å²) in [6.07, 6.45) is 6.46. The zero-order valence-electron chi connectivity index (χ0n) is 15.0. The lowest BCUT2D eigenvalue weighted by Crippen LogP contribution is -1.94. The van der Waals surface area contributed by atoms with E-state index in [0.29, 0.717) is 12.2 Å². The molecule has 0 fully saturated rings. The van der Waals surface area contributed by atoms with Gasteiger partial charge in [-0.15, -0.1) is 0 Å². The van der Waals surface area contributed by atoms with E-state index in [9.17, 15) is 9.90 Å². The van der Waals surface area contributed by atoms with Crippen LogP contribution in [0.25, 0.3) is 6.08 Å². The monoisotopic (exact) mass is 418 g/mol. The van der Waals surface area contributed by atoms with E-state index < -0.39 is 0 Å². The highest BCUT2D eigenvalue weighted by Crippen LogP contribution is 2.27. The lowest BCUT2D eigenvalue weighted by atomic mass is 10.0. The molecule has 2 aromatic rings. The molecule has 0 radical (unpaired) electrons. The van der Waals surface area contributed by atoms with Crippen molar-refractivity contribution in [3.8, 4) is 17.2 Å². The van der Waals surface area contributed by atoms with Crippen molar-refractivity contribution in [2.24, 2.45) is 0 Å². The van der Waals surface area contributed by atoms with Gasteiger partial charge >= 0.3 is 0 Å². The van der Waals surface area contributed by atoms with E-state index in [1.54, 1.807) is 25.3 Å². The van der Waals surface area contributed by atoms with Crippen LogP contribution in [0, 0.1) is 0 Å². The van der Waals surface area contributed by atoms with Gasteiger partial charge in [0.1, 0.15) is 5.75 Å². The molecular weight excluding hydrogens is 396 g/mol. The topological polar surface area (TPSA) is 55.8 Å². The number of ether oxygens (including phenoxy) is 2.